The van der Waals surface area contributed by atoms with Gasteiger partial charge in [0, 0.05) is 5.69 Å². The molecule has 2 rings (SSSR count). The van der Waals surface area contributed by atoms with Gasteiger partial charge in [-0.25, -0.2) is 4.79 Å². The van der Waals surface area contributed by atoms with Crippen LogP contribution in [-0.2, 0) is 14.3 Å². The normalized spacial score (nSPS) is 10.1. The maximum absolute atomic E-state index is 12.0. The number of amides is 2. The zero-order valence-corrected chi connectivity index (χ0v) is 15.4. The first-order valence-corrected chi connectivity index (χ1v) is 9.06. The number of nitrogens with one attached hydrogen (secondary N) is 2. The van der Waals surface area contributed by atoms with Gasteiger partial charge < -0.3 is 15.4 Å². The van der Waals surface area contributed by atoms with E-state index < -0.39 is 5.97 Å². The largest absolute Gasteiger partial charge is 0.465 e. The summed E-state index contributed by atoms with van der Waals surface area (Å²) in [5.74, 6) is -0.749. The summed E-state index contributed by atoms with van der Waals surface area (Å²) in [5.41, 5.74) is 2.45. The fourth-order valence-corrected chi connectivity index (χ4v) is 2.84. The standard InChI is InChI=1S/C19H20N2O4S/c1-13-6-5-7-14(10-13)20-17(22)11-26-12-18(23)21-16-9-4-3-8-15(16)19(24)25-2/h3-10H,11-12H2,1-2H3,(H,20,22)(H,21,23). The number of esters is 1. The van der Waals surface area contributed by atoms with Crippen molar-refractivity contribution in [2.75, 3.05) is 29.2 Å². The lowest BCUT2D eigenvalue weighted by molar-refractivity contribution is -0.114. The van der Waals surface area contributed by atoms with E-state index >= 15 is 0 Å². The van der Waals surface area contributed by atoms with Crippen molar-refractivity contribution in [2.24, 2.45) is 0 Å². The van der Waals surface area contributed by atoms with Crippen LogP contribution in [0.2, 0.25) is 0 Å². The Balaban J connectivity index is 1.80. The number of benzene rings is 2. The van der Waals surface area contributed by atoms with Gasteiger partial charge in [-0.05, 0) is 36.8 Å². The number of rotatable bonds is 7. The lowest BCUT2D eigenvalue weighted by atomic mass is 10.2. The van der Waals surface area contributed by atoms with Crippen LogP contribution in [0.3, 0.4) is 0 Å². The molecule has 0 spiro atoms. The van der Waals surface area contributed by atoms with Crippen LogP contribution in [0.15, 0.2) is 48.5 Å². The molecular formula is C19H20N2O4S. The molecule has 136 valence electrons. The number of methoxy groups -OCH3 is 1. The van der Waals surface area contributed by atoms with Crippen LogP contribution in [-0.4, -0.2) is 36.4 Å². The first kappa shape index (κ1) is 19.5. The molecule has 0 heterocycles. The molecule has 0 aliphatic rings. The number of thioether (sulfide) groups is 1. The van der Waals surface area contributed by atoms with Crippen LogP contribution in [0.4, 0.5) is 11.4 Å². The van der Waals surface area contributed by atoms with Crippen molar-refractivity contribution >= 4 is 40.9 Å². The summed E-state index contributed by atoms with van der Waals surface area (Å²) in [6.45, 7) is 1.95. The Morgan fingerprint density at radius 2 is 1.65 bits per heavy atom. The molecule has 0 aliphatic carbocycles. The lowest BCUT2D eigenvalue weighted by Gasteiger charge is -2.09. The van der Waals surface area contributed by atoms with Gasteiger partial charge in [0.05, 0.1) is 29.9 Å². The predicted octanol–water partition coefficient (Wildman–Crippen LogP) is 3.09. The van der Waals surface area contributed by atoms with Crippen LogP contribution in [0.5, 0.6) is 0 Å². The molecule has 0 aromatic heterocycles. The minimum Gasteiger partial charge on any atom is -0.465 e. The topological polar surface area (TPSA) is 84.5 Å². The molecule has 0 fully saturated rings. The lowest BCUT2D eigenvalue weighted by Crippen LogP contribution is -2.19. The maximum atomic E-state index is 12.0. The monoisotopic (exact) mass is 372 g/mol. The fraction of sp³-hybridized carbons (Fsp3) is 0.211. The highest BCUT2D eigenvalue weighted by Gasteiger charge is 2.13. The van der Waals surface area contributed by atoms with Gasteiger partial charge in [-0.15, -0.1) is 11.8 Å². The van der Waals surface area contributed by atoms with Gasteiger partial charge in [0.2, 0.25) is 11.8 Å². The van der Waals surface area contributed by atoms with Crippen molar-refractivity contribution in [3.8, 4) is 0 Å². The molecule has 0 bridgehead atoms. The Hall–Kier alpha value is -2.80. The second-order valence-corrected chi connectivity index (χ2v) is 6.48. The highest BCUT2D eigenvalue weighted by atomic mass is 32.2. The Kier molecular flexibility index (Phi) is 7.23. The fourth-order valence-electron chi connectivity index (χ4n) is 2.22. The van der Waals surface area contributed by atoms with E-state index in [1.54, 1.807) is 24.3 Å². The van der Waals surface area contributed by atoms with Gasteiger partial charge >= 0.3 is 5.97 Å². The zero-order chi connectivity index (χ0) is 18.9. The Morgan fingerprint density at radius 1 is 0.962 bits per heavy atom. The Labute approximate surface area is 156 Å². The van der Waals surface area contributed by atoms with Crippen molar-refractivity contribution in [3.63, 3.8) is 0 Å². The molecular weight excluding hydrogens is 352 g/mol. The van der Waals surface area contributed by atoms with E-state index in [0.29, 0.717) is 5.69 Å². The summed E-state index contributed by atoms with van der Waals surface area (Å²) in [7, 11) is 1.28. The molecule has 0 saturated carbocycles. The second-order valence-electron chi connectivity index (χ2n) is 5.50. The van der Waals surface area contributed by atoms with E-state index in [9.17, 15) is 14.4 Å². The average Bonchev–Trinajstić information content (AvgIpc) is 2.61. The van der Waals surface area contributed by atoms with Crippen LogP contribution >= 0.6 is 11.8 Å². The third kappa shape index (κ3) is 5.93. The summed E-state index contributed by atoms with van der Waals surface area (Å²) in [6.07, 6.45) is 0. The zero-order valence-electron chi connectivity index (χ0n) is 14.6. The Bertz CT molecular complexity index is 808. The molecule has 2 amide bonds. The first-order chi connectivity index (χ1) is 12.5. The number of para-hydroxylation sites is 1. The van der Waals surface area contributed by atoms with Crippen LogP contribution in [0, 0.1) is 6.92 Å². The van der Waals surface area contributed by atoms with Crippen LogP contribution in [0.1, 0.15) is 15.9 Å². The molecule has 7 heteroatoms. The molecule has 2 aromatic carbocycles. The van der Waals surface area contributed by atoms with Gasteiger partial charge in [0.15, 0.2) is 0 Å². The molecule has 0 unspecified atom stereocenters. The van der Waals surface area contributed by atoms with E-state index in [1.165, 1.54) is 18.9 Å². The third-order valence-corrected chi connectivity index (χ3v) is 4.31. The number of anilines is 2. The molecule has 0 aliphatic heterocycles. The molecule has 0 radical (unpaired) electrons. The summed E-state index contributed by atoms with van der Waals surface area (Å²) in [5, 5.41) is 5.45. The minimum absolute atomic E-state index is 0.0940. The van der Waals surface area contributed by atoms with E-state index in [2.05, 4.69) is 15.4 Å². The predicted molar refractivity (Wildman–Crippen MR) is 104 cm³/mol. The van der Waals surface area contributed by atoms with Crippen molar-refractivity contribution in [1.29, 1.82) is 0 Å². The number of ether oxygens (including phenoxy) is 1. The number of carbonyl (C=O) groups is 3. The molecule has 2 aromatic rings. The van der Waals surface area contributed by atoms with Gasteiger partial charge in [-0.1, -0.05) is 24.3 Å². The smallest absolute Gasteiger partial charge is 0.339 e. The molecule has 0 saturated heterocycles. The maximum Gasteiger partial charge on any atom is 0.339 e. The van der Waals surface area contributed by atoms with Crippen molar-refractivity contribution in [1.82, 2.24) is 0 Å². The van der Waals surface area contributed by atoms with Crippen molar-refractivity contribution < 1.29 is 19.1 Å². The second kappa shape index (κ2) is 9.62. The van der Waals surface area contributed by atoms with Gasteiger partial charge in [0.25, 0.3) is 0 Å². The number of hydrogen-bond donors (Lipinski definition) is 2. The van der Waals surface area contributed by atoms with Crippen molar-refractivity contribution in [2.45, 2.75) is 6.92 Å². The van der Waals surface area contributed by atoms with Crippen LogP contribution < -0.4 is 10.6 Å². The molecule has 0 atom stereocenters. The van der Waals surface area contributed by atoms with E-state index in [1.807, 2.05) is 31.2 Å². The van der Waals surface area contributed by atoms with Crippen LogP contribution in [0.25, 0.3) is 0 Å². The number of aryl methyl sites for hydroxylation is 1. The highest BCUT2D eigenvalue weighted by molar-refractivity contribution is 8.00. The summed E-state index contributed by atoms with van der Waals surface area (Å²) in [6, 6.07) is 14.1. The van der Waals surface area contributed by atoms with E-state index in [-0.39, 0.29) is 28.9 Å². The molecule has 2 N–H and O–H groups in total. The Morgan fingerprint density at radius 3 is 2.35 bits per heavy atom. The number of carbonyl (C=O) groups excluding carboxylic acids is 3. The van der Waals surface area contributed by atoms with Gasteiger partial charge in [-0.3, -0.25) is 9.59 Å². The summed E-state index contributed by atoms with van der Waals surface area (Å²) < 4.78 is 4.69. The minimum atomic E-state index is -0.522. The quantitative estimate of drug-likeness (QED) is 0.730. The third-order valence-electron chi connectivity index (χ3n) is 3.37. The first-order valence-electron chi connectivity index (χ1n) is 7.91. The average molecular weight is 372 g/mol. The molecule has 6 nitrogen and oxygen atoms in total. The highest BCUT2D eigenvalue weighted by Crippen LogP contribution is 2.16. The summed E-state index contributed by atoms with van der Waals surface area (Å²) >= 11 is 1.19. The number of hydrogen-bond acceptors (Lipinski definition) is 5. The molecule has 26 heavy (non-hydrogen) atoms. The van der Waals surface area contributed by atoms with E-state index in [4.69, 9.17) is 0 Å². The van der Waals surface area contributed by atoms with Gasteiger partial charge in [-0.2, -0.15) is 0 Å². The summed E-state index contributed by atoms with van der Waals surface area (Å²) in [4.78, 5) is 35.7. The SMILES string of the molecule is COC(=O)c1ccccc1NC(=O)CSCC(=O)Nc1cccc(C)c1. The van der Waals surface area contributed by atoms with E-state index in [0.717, 1.165) is 11.3 Å². The van der Waals surface area contributed by atoms with Gasteiger partial charge in [0.1, 0.15) is 0 Å². The van der Waals surface area contributed by atoms with Crippen molar-refractivity contribution in [3.05, 3.63) is 59.7 Å².